The Kier molecular flexibility index (Phi) is 6.26. The number of rotatable bonds is 6. The minimum Gasteiger partial charge on any atom is -0.451 e. The third-order valence-corrected chi connectivity index (χ3v) is 4.46. The van der Waals surface area contributed by atoms with Crippen LogP contribution in [-0.2, 0) is 16.1 Å². The second-order valence-electron chi connectivity index (χ2n) is 5.65. The summed E-state index contributed by atoms with van der Waals surface area (Å²) in [5.74, 6) is -1.04. The third kappa shape index (κ3) is 5.42. The Balaban J connectivity index is 1.49. The maximum atomic E-state index is 12.1. The third-order valence-electron chi connectivity index (χ3n) is 3.68. The van der Waals surface area contributed by atoms with Crippen LogP contribution in [0.1, 0.15) is 16.1 Å². The minimum atomic E-state index is -0.646. The first-order chi connectivity index (χ1) is 13.0. The lowest BCUT2D eigenvalue weighted by Crippen LogP contribution is -2.28. The predicted molar refractivity (Wildman–Crippen MR) is 105 cm³/mol. The van der Waals surface area contributed by atoms with Crippen molar-refractivity contribution in [1.82, 2.24) is 15.5 Å². The Bertz CT molecular complexity index is 940. The lowest BCUT2D eigenvalue weighted by atomic mass is 10.1. The first-order valence-corrected chi connectivity index (χ1v) is 9.18. The number of aromatic amines is 1. The second-order valence-corrected chi connectivity index (χ2v) is 7.01. The van der Waals surface area contributed by atoms with Gasteiger partial charge in [-0.15, -0.1) is 0 Å². The van der Waals surface area contributed by atoms with Gasteiger partial charge < -0.3 is 10.1 Å². The molecule has 0 bridgehead atoms. The summed E-state index contributed by atoms with van der Waals surface area (Å²) in [5, 5.41) is 10.0. The molecule has 0 aliphatic carbocycles. The molecule has 3 rings (SSSR count). The van der Waals surface area contributed by atoms with Gasteiger partial charge in [-0.25, -0.2) is 4.79 Å². The molecule has 2 aromatic carbocycles. The molecule has 1 heterocycles. The van der Waals surface area contributed by atoms with Gasteiger partial charge >= 0.3 is 5.97 Å². The summed E-state index contributed by atoms with van der Waals surface area (Å²) in [7, 11) is 0. The highest BCUT2D eigenvalue weighted by Gasteiger charge is 2.14. The fourth-order valence-corrected chi connectivity index (χ4v) is 2.65. The van der Waals surface area contributed by atoms with E-state index in [1.165, 1.54) is 0 Å². The van der Waals surface area contributed by atoms with Crippen LogP contribution in [0.5, 0.6) is 0 Å². The van der Waals surface area contributed by atoms with Crippen LogP contribution < -0.4 is 5.32 Å². The average Bonchev–Trinajstić information content (AvgIpc) is 3.16. The number of carbonyl (C=O) groups excluding carboxylic acids is 2. The van der Waals surface area contributed by atoms with Gasteiger partial charge in [0.1, 0.15) is 5.69 Å². The first kappa shape index (κ1) is 19.1. The molecule has 0 radical (unpaired) electrons. The van der Waals surface area contributed by atoms with Gasteiger partial charge in [0.05, 0.1) is 5.69 Å². The van der Waals surface area contributed by atoms with E-state index in [-0.39, 0.29) is 12.3 Å². The van der Waals surface area contributed by atoms with Crippen LogP contribution in [0.15, 0.2) is 59.1 Å². The molecule has 3 aromatic rings. The van der Waals surface area contributed by atoms with Crippen molar-refractivity contribution in [3.05, 3.63) is 75.4 Å². The molecule has 0 atom stereocenters. The van der Waals surface area contributed by atoms with Gasteiger partial charge in [0.2, 0.25) is 0 Å². The summed E-state index contributed by atoms with van der Waals surface area (Å²) in [6.07, 6.45) is 0. The number of esters is 1. The van der Waals surface area contributed by atoms with E-state index < -0.39 is 11.9 Å². The van der Waals surface area contributed by atoms with Gasteiger partial charge in [0.15, 0.2) is 6.61 Å². The van der Waals surface area contributed by atoms with E-state index in [4.69, 9.17) is 16.3 Å². The summed E-state index contributed by atoms with van der Waals surface area (Å²) in [5.41, 5.74) is 2.54. The molecule has 0 unspecified atom stereocenters. The van der Waals surface area contributed by atoms with Crippen molar-refractivity contribution in [1.29, 1.82) is 0 Å². The topological polar surface area (TPSA) is 84.1 Å². The molecule has 1 amide bonds. The minimum absolute atomic E-state index is 0.179. The van der Waals surface area contributed by atoms with Crippen LogP contribution in [0.4, 0.5) is 0 Å². The van der Waals surface area contributed by atoms with Gasteiger partial charge in [-0.3, -0.25) is 9.89 Å². The normalized spacial score (nSPS) is 10.4. The fraction of sp³-hybridized carbons (Fsp3) is 0.105. The van der Waals surface area contributed by atoms with E-state index in [0.29, 0.717) is 17.3 Å². The van der Waals surface area contributed by atoms with Crippen molar-refractivity contribution in [2.24, 2.45) is 0 Å². The molecule has 0 aliphatic heterocycles. The number of hydrogen-bond acceptors (Lipinski definition) is 4. The highest BCUT2D eigenvalue weighted by atomic mass is 79.9. The van der Waals surface area contributed by atoms with E-state index in [2.05, 4.69) is 31.4 Å². The standard InChI is InChI=1S/C19H15BrClN3O3/c20-14-5-3-13(4-6-14)16-9-17(24-23-16)19(26)27-11-18(25)22-10-12-1-7-15(21)8-2-12/h1-9H,10-11H2,(H,22,25)(H,23,24). The van der Waals surface area contributed by atoms with Crippen LogP contribution in [0, 0.1) is 0 Å². The van der Waals surface area contributed by atoms with Crippen LogP contribution in [0.3, 0.4) is 0 Å². The largest absolute Gasteiger partial charge is 0.451 e. The number of amides is 1. The maximum Gasteiger partial charge on any atom is 0.356 e. The van der Waals surface area contributed by atoms with E-state index in [1.54, 1.807) is 18.2 Å². The number of halogens is 2. The number of H-pyrrole nitrogens is 1. The number of ether oxygens (including phenoxy) is 1. The molecular weight excluding hydrogens is 434 g/mol. The van der Waals surface area contributed by atoms with Crippen molar-refractivity contribution < 1.29 is 14.3 Å². The van der Waals surface area contributed by atoms with Crippen LogP contribution in [-0.4, -0.2) is 28.7 Å². The number of aromatic nitrogens is 2. The summed E-state index contributed by atoms with van der Waals surface area (Å²) < 4.78 is 5.96. The molecule has 1 aromatic heterocycles. The summed E-state index contributed by atoms with van der Waals surface area (Å²) in [6, 6.07) is 16.2. The Morgan fingerprint density at radius 2 is 1.81 bits per heavy atom. The Labute approximate surface area is 169 Å². The number of benzene rings is 2. The van der Waals surface area contributed by atoms with Gasteiger partial charge in [-0.2, -0.15) is 5.10 Å². The average molecular weight is 449 g/mol. The molecule has 138 valence electrons. The van der Waals surface area contributed by atoms with Gasteiger partial charge in [-0.1, -0.05) is 51.8 Å². The Morgan fingerprint density at radius 1 is 1.11 bits per heavy atom. The molecule has 0 saturated carbocycles. The number of nitrogens with zero attached hydrogens (tertiary/aromatic N) is 1. The lowest BCUT2D eigenvalue weighted by molar-refractivity contribution is -0.124. The zero-order chi connectivity index (χ0) is 19.2. The number of hydrogen-bond donors (Lipinski definition) is 2. The first-order valence-electron chi connectivity index (χ1n) is 8.01. The van der Waals surface area contributed by atoms with E-state index in [9.17, 15) is 9.59 Å². The number of carbonyl (C=O) groups is 2. The van der Waals surface area contributed by atoms with Crippen LogP contribution in [0.25, 0.3) is 11.3 Å². The Morgan fingerprint density at radius 3 is 2.52 bits per heavy atom. The molecule has 0 spiro atoms. The molecule has 27 heavy (non-hydrogen) atoms. The second kappa shape index (κ2) is 8.83. The molecule has 2 N–H and O–H groups in total. The smallest absolute Gasteiger partial charge is 0.356 e. The maximum absolute atomic E-state index is 12.1. The van der Waals surface area contributed by atoms with E-state index >= 15 is 0 Å². The van der Waals surface area contributed by atoms with Crippen LogP contribution >= 0.6 is 27.5 Å². The van der Waals surface area contributed by atoms with Crippen molar-refractivity contribution >= 4 is 39.4 Å². The van der Waals surface area contributed by atoms with E-state index in [0.717, 1.165) is 15.6 Å². The van der Waals surface area contributed by atoms with Crippen molar-refractivity contribution in [2.45, 2.75) is 6.54 Å². The zero-order valence-corrected chi connectivity index (χ0v) is 16.4. The van der Waals surface area contributed by atoms with Crippen molar-refractivity contribution in [3.8, 4) is 11.3 Å². The summed E-state index contributed by atoms with van der Waals surface area (Å²) >= 11 is 9.17. The van der Waals surface area contributed by atoms with Gasteiger partial charge in [0, 0.05) is 21.6 Å². The molecule has 0 saturated heterocycles. The molecular formula is C19H15BrClN3O3. The molecule has 8 heteroatoms. The van der Waals surface area contributed by atoms with Gasteiger partial charge in [0.25, 0.3) is 5.91 Å². The Hall–Kier alpha value is -2.64. The zero-order valence-electron chi connectivity index (χ0n) is 14.0. The highest BCUT2D eigenvalue weighted by Crippen LogP contribution is 2.20. The monoisotopic (exact) mass is 447 g/mol. The SMILES string of the molecule is O=C(COC(=O)c1cc(-c2ccc(Br)cc2)n[nH]1)NCc1ccc(Cl)cc1. The number of nitrogens with one attached hydrogen (secondary N) is 2. The quantitative estimate of drug-likeness (QED) is 0.559. The van der Waals surface area contributed by atoms with Crippen LogP contribution in [0.2, 0.25) is 5.02 Å². The lowest BCUT2D eigenvalue weighted by Gasteiger charge is -2.06. The fourth-order valence-electron chi connectivity index (χ4n) is 2.26. The predicted octanol–water partition coefficient (Wildman–Crippen LogP) is 3.97. The van der Waals surface area contributed by atoms with E-state index in [1.807, 2.05) is 36.4 Å². The highest BCUT2D eigenvalue weighted by molar-refractivity contribution is 9.10. The summed E-state index contributed by atoms with van der Waals surface area (Å²) in [4.78, 5) is 23.9. The van der Waals surface area contributed by atoms with Crippen molar-refractivity contribution in [2.75, 3.05) is 6.61 Å². The molecule has 0 fully saturated rings. The van der Waals surface area contributed by atoms with Crippen molar-refractivity contribution in [3.63, 3.8) is 0 Å². The summed E-state index contributed by atoms with van der Waals surface area (Å²) in [6.45, 7) is -0.0512. The molecule has 6 nitrogen and oxygen atoms in total. The van der Waals surface area contributed by atoms with Gasteiger partial charge in [-0.05, 0) is 35.9 Å². The molecule has 0 aliphatic rings.